The fourth-order valence-electron chi connectivity index (χ4n) is 4.23. The number of fused-ring (bicyclic) bond motifs is 3. The number of imidazole rings is 1. The van der Waals surface area contributed by atoms with E-state index in [9.17, 15) is 5.11 Å². The van der Waals surface area contributed by atoms with Crippen LogP contribution in [0.2, 0.25) is 0 Å². The Morgan fingerprint density at radius 3 is 2.79 bits per heavy atom. The van der Waals surface area contributed by atoms with E-state index in [4.69, 9.17) is 10.5 Å². The molecule has 7 heteroatoms. The van der Waals surface area contributed by atoms with Crippen LogP contribution in [-0.2, 0) is 17.8 Å². The van der Waals surface area contributed by atoms with Crippen LogP contribution in [-0.4, -0.2) is 38.3 Å². The second-order valence-corrected chi connectivity index (χ2v) is 7.59. The van der Waals surface area contributed by atoms with Crippen molar-refractivity contribution >= 4 is 27.8 Å². The van der Waals surface area contributed by atoms with Gasteiger partial charge in [0, 0.05) is 36.6 Å². The fourth-order valence-corrected chi connectivity index (χ4v) is 4.23. The number of nitrogens with one attached hydrogen (secondary N) is 1. The first-order chi connectivity index (χ1) is 14.2. The van der Waals surface area contributed by atoms with Crippen LogP contribution >= 0.6 is 0 Å². The monoisotopic (exact) mass is 389 g/mol. The van der Waals surface area contributed by atoms with E-state index in [1.807, 2.05) is 18.3 Å². The number of hydrogen-bond acceptors (Lipinski definition) is 6. The number of nitrogens with two attached hydrogens (primary N) is 1. The summed E-state index contributed by atoms with van der Waals surface area (Å²) in [5.74, 6) is 1.42. The lowest BCUT2D eigenvalue weighted by atomic mass is 9.88. The number of hydrogen-bond donors (Lipinski definition) is 3. The largest absolute Gasteiger partial charge is 0.388 e. The number of aliphatic hydroxyl groups excluding tert-OH is 1. The average molecular weight is 389 g/mol. The van der Waals surface area contributed by atoms with Gasteiger partial charge in [-0.15, -0.1) is 0 Å². The predicted molar refractivity (Wildman–Crippen MR) is 112 cm³/mol. The van der Waals surface area contributed by atoms with Gasteiger partial charge >= 0.3 is 0 Å². The normalized spacial score (nSPS) is 15.3. The molecular formula is C22H23N5O2. The summed E-state index contributed by atoms with van der Waals surface area (Å²) in [6.45, 7) is 1.45. The number of H-pyrrole nitrogens is 1. The lowest BCUT2D eigenvalue weighted by Gasteiger charge is -2.23. The molecule has 4 aromatic rings. The lowest BCUT2D eigenvalue weighted by Crippen LogP contribution is -2.17. The zero-order chi connectivity index (χ0) is 19.8. The number of nitrogen functional groups attached to an aromatic ring is 1. The Kier molecular flexibility index (Phi) is 4.61. The minimum absolute atomic E-state index is 0.168. The molecule has 0 unspecified atom stereocenters. The third kappa shape index (κ3) is 3.32. The molecule has 1 aliphatic rings. The number of ether oxygens (including phenoxy) is 1. The van der Waals surface area contributed by atoms with Crippen molar-refractivity contribution in [3.05, 3.63) is 48.0 Å². The van der Waals surface area contributed by atoms with Gasteiger partial charge in [-0.1, -0.05) is 12.1 Å². The molecule has 5 rings (SSSR count). The van der Waals surface area contributed by atoms with Crippen molar-refractivity contribution in [3.8, 4) is 11.1 Å². The van der Waals surface area contributed by atoms with Crippen LogP contribution in [0, 0.1) is 5.92 Å². The van der Waals surface area contributed by atoms with Gasteiger partial charge in [0.15, 0.2) is 5.82 Å². The van der Waals surface area contributed by atoms with Crippen molar-refractivity contribution in [3.63, 3.8) is 0 Å². The molecule has 0 radical (unpaired) electrons. The molecule has 1 fully saturated rings. The first kappa shape index (κ1) is 18.0. The van der Waals surface area contributed by atoms with Gasteiger partial charge in [-0.2, -0.15) is 0 Å². The molecule has 0 atom stereocenters. The van der Waals surface area contributed by atoms with Gasteiger partial charge in [0.05, 0.1) is 11.0 Å². The summed E-state index contributed by atoms with van der Waals surface area (Å²) in [7, 11) is 0. The van der Waals surface area contributed by atoms with Crippen molar-refractivity contribution in [2.45, 2.75) is 25.9 Å². The maximum atomic E-state index is 9.55. The Morgan fingerprint density at radius 1 is 1.17 bits per heavy atom. The maximum absolute atomic E-state index is 9.55. The summed E-state index contributed by atoms with van der Waals surface area (Å²) in [6.07, 6.45) is 6.67. The number of benzene rings is 1. The van der Waals surface area contributed by atoms with E-state index in [0.717, 1.165) is 60.0 Å². The minimum Gasteiger partial charge on any atom is -0.388 e. The Hall–Kier alpha value is -3.03. The van der Waals surface area contributed by atoms with Crippen LogP contribution in [0.1, 0.15) is 24.2 Å². The number of rotatable bonds is 4. The van der Waals surface area contributed by atoms with E-state index in [1.165, 1.54) is 5.56 Å². The van der Waals surface area contributed by atoms with E-state index < -0.39 is 0 Å². The van der Waals surface area contributed by atoms with Crippen LogP contribution in [0.4, 0.5) is 5.82 Å². The van der Waals surface area contributed by atoms with Gasteiger partial charge in [0.2, 0.25) is 0 Å². The summed E-state index contributed by atoms with van der Waals surface area (Å²) in [4.78, 5) is 16.6. The lowest BCUT2D eigenvalue weighted by molar-refractivity contribution is 0.0666. The highest BCUT2D eigenvalue weighted by Crippen LogP contribution is 2.35. The molecule has 29 heavy (non-hydrogen) atoms. The van der Waals surface area contributed by atoms with Gasteiger partial charge in [0.25, 0.3) is 0 Å². The molecule has 4 heterocycles. The smallest absolute Gasteiger partial charge is 0.152 e. The molecular weight excluding hydrogens is 366 g/mol. The Labute approximate surface area is 168 Å². The zero-order valence-corrected chi connectivity index (χ0v) is 16.1. The Bertz CT molecular complexity index is 1170. The summed E-state index contributed by atoms with van der Waals surface area (Å²) in [5.41, 5.74) is 11.8. The van der Waals surface area contributed by atoms with E-state index in [2.05, 4.69) is 32.1 Å². The number of nitrogens with zero attached hydrogens (tertiary/aromatic N) is 3. The summed E-state index contributed by atoms with van der Waals surface area (Å²) >= 11 is 0. The molecule has 0 aliphatic carbocycles. The van der Waals surface area contributed by atoms with Crippen LogP contribution < -0.4 is 5.73 Å². The van der Waals surface area contributed by atoms with E-state index in [0.29, 0.717) is 23.1 Å². The molecule has 3 aromatic heterocycles. The molecule has 148 valence electrons. The summed E-state index contributed by atoms with van der Waals surface area (Å²) in [6, 6.07) is 8.26. The van der Waals surface area contributed by atoms with Crippen LogP contribution in [0.15, 0.2) is 36.7 Å². The second-order valence-electron chi connectivity index (χ2n) is 7.59. The molecule has 1 aromatic carbocycles. The topological polar surface area (TPSA) is 110 Å². The molecule has 0 spiro atoms. The fraction of sp³-hybridized carbons (Fsp3) is 0.318. The van der Waals surface area contributed by atoms with Crippen LogP contribution in [0.25, 0.3) is 33.1 Å². The molecule has 7 nitrogen and oxygen atoms in total. The highest BCUT2D eigenvalue weighted by molar-refractivity contribution is 6.08. The van der Waals surface area contributed by atoms with Crippen LogP contribution in [0.5, 0.6) is 0 Å². The highest BCUT2D eigenvalue weighted by atomic mass is 16.5. The summed E-state index contributed by atoms with van der Waals surface area (Å²) < 4.78 is 5.54. The van der Waals surface area contributed by atoms with E-state index in [-0.39, 0.29) is 6.61 Å². The minimum atomic E-state index is -0.168. The van der Waals surface area contributed by atoms with Crippen molar-refractivity contribution in [2.75, 3.05) is 18.9 Å². The quantitative estimate of drug-likeness (QED) is 0.494. The molecule has 1 aliphatic heterocycles. The number of pyridine rings is 2. The number of aromatic nitrogens is 4. The molecule has 4 N–H and O–H groups in total. The SMILES string of the molecule is Nc1nc2cc(-c3cccnc3)cc(CC3CCOCC3)c2c2[nH]c(CO)nc12. The van der Waals surface area contributed by atoms with Crippen molar-refractivity contribution in [1.82, 2.24) is 19.9 Å². The summed E-state index contributed by atoms with van der Waals surface area (Å²) in [5, 5.41) is 10.6. The standard InChI is InChI=1S/C22H23N5O2/c23-22-21-20(26-18(12-28)27-21)19-16(8-13-3-6-29-7-4-13)9-15(10-17(19)25-22)14-2-1-5-24-11-14/h1-2,5,9-11,13,28H,3-4,6-8,12H2,(H2,23,25)(H,26,27). The average Bonchev–Trinajstić information content (AvgIpc) is 3.20. The van der Waals surface area contributed by atoms with Crippen molar-refractivity contribution < 1.29 is 9.84 Å². The predicted octanol–water partition coefficient (Wildman–Crippen LogP) is 3.22. The molecule has 0 saturated carbocycles. The number of anilines is 1. The van der Waals surface area contributed by atoms with Gasteiger partial charge in [-0.25, -0.2) is 9.97 Å². The number of aromatic amines is 1. The number of aliphatic hydroxyl groups is 1. The van der Waals surface area contributed by atoms with E-state index >= 15 is 0 Å². The third-order valence-corrected chi connectivity index (χ3v) is 5.68. The first-order valence-electron chi connectivity index (χ1n) is 9.92. The van der Waals surface area contributed by atoms with Gasteiger partial charge < -0.3 is 20.6 Å². The third-order valence-electron chi connectivity index (χ3n) is 5.68. The highest BCUT2D eigenvalue weighted by Gasteiger charge is 2.20. The van der Waals surface area contributed by atoms with E-state index in [1.54, 1.807) is 6.20 Å². The molecule has 0 amide bonds. The van der Waals surface area contributed by atoms with Gasteiger partial charge in [0.1, 0.15) is 17.9 Å². The molecule has 0 bridgehead atoms. The zero-order valence-electron chi connectivity index (χ0n) is 16.1. The molecule has 1 saturated heterocycles. The van der Waals surface area contributed by atoms with Crippen molar-refractivity contribution in [2.24, 2.45) is 5.92 Å². The Morgan fingerprint density at radius 2 is 2.03 bits per heavy atom. The first-order valence-corrected chi connectivity index (χ1v) is 9.92. The van der Waals surface area contributed by atoms with Gasteiger partial charge in [-0.3, -0.25) is 4.98 Å². The maximum Gasteiger partial charge on any atom is 0.152 e. The van der Waals surface area contributed by atoms with Crippen LogP contribution in [0.3, 0.4) is 0 Å². The van der Waals surface area contributed by atoms with Gasteiger partial charge in [-0.05, 0) is 48.4 Å². The second kappa shape index (κ2) is 7.42. The Balaban J connectivity index is 1.75. The van der Waals surface area contributed by atoms with Crippen molar-refractivity contribution in [1.29, 1.82) is 0 Å².